The van der Waals surface area contributed by atoms with E-state index in [1.807, 2.05) is 0 Å². The number of carbonyl (C=O) groups excluding carboxylic acids is 2. The lowest BCUT2D eigenvalue weighted by Gasteiger charge is -2.37. The van der Waals surface area contributed by atoms with E-state index in [0.717, 1.165) is 6.42 Å². The van der Waals surface area contributed by atoms with Crippen LogP contribution in [0.5, 0.6) is 0 Å². The van der Waals surface area contributed by atoms with Gasteiger partial charge in [-0.3, -0.25) is 9.59 Å². The zero-order chi connectivity index (χ0) is 15.9. The van der Waals surface area contributed by atoms with Crippen molar-refractivity contribution >= 4 is 23.5 Å². The monoisotopic (exact) mass is 309 g/mol. The Morgan fingerprint density at radius 2 is 1.65 bits per heavy atom. The summed E-state index contributed by atoms with van der Waals surface area (Å²) in [4.78, 5) is 38.2. The van der Waals surface area contributed by atoms with Crippen LogP contribution < -0.4 is 4.90 Å². The van der Waals surface area contributed by atoms with Gasteiger partial charge >= 0.3 is 5.97 Å². The predicted molar refractivity (Wildman–Crippen MR) is 80.6 cm³/mol. The fourth-order valence-corrected chi connectivity index (χ4v) is 4.99. The highest BCUT2D eigenvalue weighted by Crippen LogP contribution is 2.65. The zero-order valence-electron chi connectivity index (χ0n) is 12.3. The van der Waals surface area contributed by atoms with Gasteiger partial charge in [-0.25, -0.2) is 9.69 Å². The van der Waals surface area contributed by atoms with Crippen molar-refractivity contribution in [3.8, 4) is 0 Å². The number of nitrogens with zero attached hydrogens (tertiary/aromatic N) is 1. The molecule has 2 bridgehead atoms. The fraction of sp³-hybridized carbons (Fsp3) is 0.389. The third-order valence-electron chi connectivity index (χ3n) is 6.01. The van der Waals surface area contributed by atoms with Gasteiger partial charge in [-0.1, -0.05) is 18.2 Å². The topological polar surface area (TPSA) is 74.7 Å². The maximum atomic E-state index is 12.9. The van der Waals surface area contributed by atoms with Crippen molar-refractivity contribution in [2.45, 2.75) is 6.42 Å². The number of amides is 2. The molecule has 1 aromatic rings. The highest BCUT2D eigenvalue weighted by molar-refractivity contribution is 6.22. The van der Waals surface area contributed by atoms with Crippen LogP contribution in [-0.4, -0.2) is 22.9 Å². The smallest absolute Gasteiger partial charge is 0.335 e. The lowest BCUT2D eigenvalue weighted by atomic mass is 9.63. The maximum absolute atomic E-state index is 12.9. The number of carboxylic acid groups (broad SMARTS) is 1. The first-order chi connectivity index (χ1) is 11.1. The van der Waals surface area contributed by atoms with Crippen molar-refractivity contribution in [2.75, 3.05) is 4.90 Å². The molecule has 0 spiro atoms. The van der Waals surface area contributed by atoms with Crippen molar-refractivity contribution in [3.05, 3.63) is 42.0 Å². The van der Waals surface area contributed by atoms with Crippen LogP contribution in [0.15, 0.2) is 36.4 Å². The average Bonchev–Trinajstić information content (AvgIpc) is 3.32. The number of hydrogen-bond donors (Lipinski definition) is 1. The molecule has 1 heterocycles. The molecule has 1 N–H and O–H groups in total. The van der Waals surface area contributed by atoms with Gasteiger partial charge in [0.15, 0.2) is 0 Å². The van der Waals surface area contributed by atoms with Crippen molar-refractivity contribution in [3.63, 3.8) is 0 Å². The van der Waals surface area contributed by atoms with E-state index in [4.69, 9.17) is 5.11 Å². The summed E-state index contributed by atoms with van der Waals surface area (Å²) in [6.45, 7) is 0. The van der Waals surface area contributed by atoms with E-state index < -0.39 is 5.97 Å². The number of anilines is 1. The van der Waals surface area contributed by atoms with Gasteiger partial charge in [0, 0.05) is 0 Å². The van der Waals surface area contributed by atoms with E-state index in [0.29, 0.717) is 17.5 Å². The van der Waals surface area contributed by atoms with Gasteiger partial charge in [-0.05, 0) is 48.3 Å². The summed E-state index contributed by atoms with van der Waals surface area (Å²) >= 11 is 0. The van der Waals surface area contributed by atoms with E-state index in [1.54, 1.807) is 12.1 Å². The highest BCUT2D eigenvalue weighted by Gasteiger charge is 2.67. The SMILES string of the molecule is O=C(O)c1cccc(N2C(=O)[C@@H]3[C@H]4C=C[C@@H]([C@@H]5C[C@H]45)[C@@H]3C2=O)c1. The number of imide groups is 1. The Hall–Kier alpha value is -2.43. The van der Waals surface area contributed by atoms with Crippen LogP contribution in [0.2, 0.25) is 0 Å². The largest absolute Gasteiger partial charge is 0.478 e. The van der Waals surface area contributed by atoms with E-state index >= 15 is 0 Å². The molecule has 4 aliphatic carbocycles. The molecule has 5 aliphatic rings. The summed E-state index contributed by atoms with van der Waals surface area (Å²) in [5, 5.41) is 9.13. The Morgan fingerprint density at radius 1 is 1.04 bits per heavy atom. The zero-order valence-corrected chi connectivity index (χ0v) is 12.3. The number of carbonyl (C=O) groups is 3. The van der Waals surface area contributed by atoms with Gasteiger partial charge < -0.3 is 5.11 Å². The summed E-state index contributed by atoms with van der Waals surface area (Å²) < 4.78 is 0. The molecular weight excluding hydrogens is 294 g/mol. The molecule has 1 aromatic carbocycles. The van der Waals surface area contributed by atoms with Crippen LogP contribution in [0, 0.1) is 35.5 Å². The molecule has 1 aliphatic heterocycles. The first-order valence-corrected chi connectivity index (χ1v) is 7.97. The predicted octanol–water partition coefficient (Wildman–Crippen LogP) is 1.94. The molecular formula is C18H15NO4. The van der Waals surface area contributed by atoms with Crippen molar-refractivity contribution in [1.82, 2.24) is 0 Å². The first-order valence-electron chi connectivity index (χ1n) is 7.97. The summed E-state index contributed by atoms with van der Waals surface area (Å²) in [6.07, 6.45) is 5.38. The molecule has 3 fully saturated rings. The summed E-state index contributed by atoms with van der Waals surface area (Å²) in [6, 6.07) is 6.08. The molecule has 6 atom stereocenters. The van der Waals surface area contributed by atoms with E-state index in [1.165, 1.54) is 17.0 Å². The number of allylic oxidation sites excluding steroid dienone is 2. The Kier molecular flexibility index (Phi) is 2.33. The number of carboxylic acids is 1. The highest BCUT2D eigenvalue weighted by atomic mass is 16.4. The van der Waals surface area contributed by atoms with Crippen molar-refractivity contribution in [2.24, 2.45) is 35.5 Å². The second kappa shape index (κ2) is 4.10. The minimum atomic E-state index is -1.06. The Labute approximate surface area is 132 Å². The van der Waals surface area contributed by atoms with Crippen LogP contribution >= 0.6 is 0 Å². The summed E-state index contributed by atoms with van der Waals surface area (Å²) in [7, 11) is 0. The Bertz CT molecular complexity index is 762. The quantitative estimate of drug-likeness (QED) is 0.669. The lowest BCUT2D eigenvalue weighted by molar-refractivity contribution is -0.124. The summed E-state index contributed by atoms with van der Waals surface area (Å²) in [5.74, 6) is -0.407. The number of hydrogen-bond acceptors (Lipinski definition) is 3. The normalized spacial score (nSPS) is 39.4. The van der Waals surface area contributed by atoms with Crippen molar-refractivity contribution in [1.29, 1.82) is 0 Å². The van der Waals surface area contributed by atoms with E-state index in [2.05, 4.69) is 12.2 Å². The van der Waals surface area contributed by atoms with Gasteiger partial charge in [0.2, 0.25) is 11.8 Å². The molecule has 1 saturated heterocycles. The summed E-state index contributed by atoms with van der Waals surface area (Å²) in [5.41, 5.74) is 0.462. The molecule has 2 amide bonds. The molecule has 6 rings (SSSR count). The lowest BCUT2D eigenvalue weighted by Crippen LogP contribution is -2.40. The third kappa shape index (κ3) is 1.54. The first kappa shape index (κ1) is 13.0. The number of rotatable bonds is 2. The average molecular weight is 309 g/mol. The van der Waals surface area contributed by atoms with Crippen LogP contribution in [0.4, 0.5) is 5.69 Å². The van der Waals surface area contributed by atoms with E-state index in [9.17, 15) is 14.4 Å². The minimum absolute atomic E-state index is 0.0851. The Balaban J connectivity index is 1.57. The van der Waals surface area contributed by atoms with Crippen LogP contribution in [0.25, 0.3) is 0 Å². The maximum Gasteiger partial charge on any atom is 0.335 e. The van der Waals surface area contributed by atoms with Gasteiger partial charge in [0.05, 0.1) is 23.1 Å². The van der Waals surface area contributed by atoms with Crippen LogP contribution in [0.1, 0.15) is 16.8 Å². The third-order valence-corrected chi connectivity index (χ3v) is 6.01. The standard InChI is InChI=1S/C18H15NO4/c20-16-14-10-4-5-11(13-7-12(10)13)15(14)17(21)19(16)9-3-1-2-8(6-9)18(22)23/h1-6,10-15H,7H2,(H,22,23)/t10-,11-,12-,13+,14-,15+/m0/s1. The fourth-order valence-electron chi connectivity index (χ4n) is 4.99. The molecule has 0 radical (unpaired) electrons. The second-order valence-corrected chi connectivity index (χ2v) is 7.02. The van der Waals surface area contributed by atoms with E-state index in [-0.39, 0.29) is 41.0 Å². The molecule has 116 valence electrons. The number of aromatic carboxylic acids is 1. The number of benzene rings is 1. The van der Waals surface area contributed by atoms with Gasteiger partial charge in [-0.2, -0.15) is 0 Å². The molecule has 0 aromatic heterocycles. The molecule has 2 saturated carbocycles. The molecule has 23 heavy (non-hydrogen) atoms. The van der Waals surface area contributed by atoms with Gasteiger partial charge in [0.1, 0.15) is 0 Å². The van der Waals surface area contributed by atoms with Crippen LogP contribution in [-0.2, 0) is 9.59 Å². The molecule has 5 heteroatoms. The molecule has 0 unspecified atom stereocenters. The minimum Gasteiger partial charge on any atom is -0.478 e. The Morgan fingerprint density at radius 3 is 2.22 bits per heavy atom. The molecule has 5 nitrogen and oxygen atoms in total. The van der Waals surface area contributed by atoms with Gasteiger partial charge in [-0.15, -0.1) is 0 Å². The van der Waals surface area contributed by atoms with Gasteiger partial charge in [0.25, 0.3) is 0 Å². The second-order valence-electron chi connectivity index (χ2n) is 7.02. The van der Waals surface area contributed by atoms with Crippen molar-refractivity contribution < 1.29 is 19.5 Å². The van der Waals surface area contributed by atoms with Crippen LogP contribution in [0.3, 0.4) is 0 Å².